The SMILES string of the molecule is CC(=O)c1nc(C)sc1-c1cccc(Cl)c1. The highest BCUT2D eigenvalue weighted by Gasteiger charge is 2.14. The number of hydrogen-bond acceptors (Lipinski definition) is 3. The molecule has 0 bridgehead atoms. The topological polar surface area (TPSA) is 30.0 Å². The summed E-state index contributed by atoms with van der Waals surface area (Å²) in [5, 5.41) is 1.55. The molecular weight excluding hydrogens is 242 g/mol. The molecule has 0 atom stereocenters. The molecular formula is C12H10ClNOS. The van der Waals surface area contributed by atoms with Gasteiger partial charge in [0.15, 0.2) is 5.78 Å². The predicted molar refractivity (Wildman–Crippen MR) is 67.3 cm³/mol. The van der Waals surface area contributed by atoms with Gasteiger partial charge in [-0.05, 0) is 24.6 Å². The molecule has 1 heterocycles. The van der Waals surface area contributed by atoms with Gasteiger partial charge in [-0.2, -0.15) is 0 Å². The van der Waals surface area contributed by atoms with E-state index in [4.69, 9.17) is 11.6 Å². The number of carbonyl (C=O) groups is 1. The van der Waals surface area contributed by atoms with Gasteiger partial charge in [-0.25, -0.2) is 4.98 Å². The lowest BCUT2D eigenvalue weighted by Crippen LogP contribution is -1.94. The van der Waals surface area contributed by atoms with Crippen LogP contribution in [0.1, 0.15) is 22.4 Å². The molecule has 0 spiro atoms. The van der Waals surface area contributed by atoms with Crippen molar-refractivity contribution in [2.24, 2.45) is 0 Å². The Balaban J connectivity index is 2.59. The van der Waals surface area contributed by atoms with Gasteiger partial charge in [-0.1, -0.05) is 23.7 Å². The van der Waals surface area contributed by atoms with Crippen LogP contribution in [0.4, 0.5) is 0 Å². The van der Waals surface area contributed by atoms with Gasteiger partial charge in [-0.15, -0.1) is 11.3 Å². The summed E-state index contributed by atoms with van der Waals surface area (Å²) >= 11 is 7.45. The van der Waals surface area contributed by atoms with Crippen molar-refractivity contribution in [1.29, 1.82) is 0 Å². The number of hydrogen-bond donors (Lipinski definition) is 0. The smallest absolute Gasteiger partial charge is 0.179 e. The maximum atomic E-state index is 11.4. The lowest BCUT2D eigenvalue weighted by molar-refractivity contribution is 0.101. The molecule has 16 heavy (non-hydrogen) atoms. The lowest BCUT2D eigenvalue weighted by Gasteiger charge is -1.99. The van der Waals surface area contributed by atoms with E-state index < -0.39 is 0 Å². The normalized spacial score (nSPS) is 10.4. The van der Waals surface area contributed by atoms with E-state index in [0.717, 1.165) is 15.4 Å². The fraction of sp³-hybridized carbons (Fsp3) is 0.167. The van der Waals surface area contributed by atoms with E-state index in [0.29, 0.717) is 10.7 Å². The number of benzene rings is 1. The largest absolute Gasteiger partial charge is 0.293 e. The van der Waals surface area contributed by atoms with Crippen LogP contribution in [-0.4, -0.2) is 10.8 Å². The number of halogens is 1. The summed E-state index contributed by atoms with van der Waals surface area (Å²) in [6, 6.07) is 7.47. The first kappa shape index (κ1) is 11.3. The molecule has 1 aromatic heterocycles. The Bertz CT molecular complexity index is 548. The van der Waals surface area contributed by atoms with E-state index in [1.54, 1.807) is 0 Å². The third-order valence-electron chi connectivity index (χ3n) is 2.15. The van der Waals surface area contributed by atoms with Crippen LogP contribution < -0.4 is 0 Å². The minimum absolute atomic E-state index is 0.0145. The molecule has 0 N–H and O–H groups in total. The number of rotatable bonds is 2. The Labute approximate surface area is 103 Å². The number of carbonyl (C=O) groups excluding carboxylic acids is 1. The monoisotopic (exact) mass is 251 g/mol. The molecule has 0 fully saturated rings. The number of thiazole rings is 1. The van der Waals surface area contributed by atoms with Gasteiger partial charge in [0.05, 0.1) is 9.88 Å². The molecule has 0 radical (unpaired) electrons. The summed E-state index contributed by atoms with van der Waals surface area (Å²) in [7, 11) is 0. The van der Waals surface area contributed by atoms with Gasteiger partial charge >= 0.3 is 0 Å². The van der Waals surface area contributed by atoms with E-state index in [9.17, 15) is 4.79 Å². The standard InChI is InChI=1S/C12H10ClNOS/c1-7(15)11-12(16-8(2)14-11)9-4-3-5-10(13)6-9/h3-6H,1-2H3. The van der Waals surface area contributed by atoms with Crippen LogP contribution in [0.15, 0.2) is 24.3 Å². The minimum atomic E-state index is -0.0145. The number of ketones is 1. The average molecular weight is 252 g/mol. The second kappa shape index (κ2) is 4.36. The zero-order valence-corrected chi connectivity index (χ0v) is 10.5. The van der Waals surface area contributed by atoms with Crippen molar-refractivity contribution in [3.8, 4) is 10.4 Å². The molecule has 1 aromatic carbocycles. The van der Waals surface area contributed by atoms with Crippen molar-refractivity contribution in [3.05, 3.63) is 40.0 Å². The molecule has 0 unspecified atom stereocenters. The molecule has 82 valence electrons. The number of Topliss-reactive ketones (excluding diaryl/α,β-unsaturated/α-hetero) is 1. The quantitative estimate of drug-likeness (QED) is 0.756. The minimum Gasteiger partial charge on any atom is -0.293 e. The second-order valence-corrected chi connectivity index (χ2v) is 5.12. The van der Waals surface area contributed by atoms with Crippen molar-refractivity contribution >= 4 is 28.7 Å². The molecule has 0 aliphatic heterocycles. The van der Waals surface area contributed by atoms with E-state index >= 15 is 0 Å². The Hall–Kier alpha value is -1.19. The molecule has 2 aromatic rings. The molecule has 0 saturated carbocycles. The summed E-state index contributed by atoms with van der Waals surface area (Å²) in [4.78, 5) is 16.6. The van der Waals surface area contributed by atoms with Gasteiger partial charge in [0, 0.05) is 11.9 Å². The van der Waals surface area contributed by atoms with E-state index in [1.165, 1.54) is 18.3 Å². The van der Waals surface area contributed by atoms with Gasteiger partial charge in [0.1, 0.15) is 5.69 Å². The van der Waals surface area contributed by atoms with Crippen molar-refractivity contribution in [2.45, 2.75) is 13.8 Å². The molecule has 0 amide bonds. The van der Waals surface area contributed by atoms with Crippen LogP contribution >= 0.6 is 22.9 Å². The van der Waals surface area contributed by atoms with Crippen molar-refractivity contribution in [3.63, 3.8) is 0 Å². The van der Waals surface area contributed by atoms with Crippen molar-refractivity contribution in [2.75, 3.05) is 0 Å². The molecule has 0 aliphatic rings. The number of nitrogens with zero attached hydrogens (tertiary/aromatic N) is 1. The fourth-order valence-corrected chi connectivity index (χ4v) is 2.64. The Morgan fingerprint density at radius 2 is 2.19 bits per heavy atom. The molecule has 2 nitrogen and oxygen atoms in total. The highest BCUT2D eigenvalue weighted by atomic mass is 35.5. The molecule has 0 saturated heterocycles. The van der Waals surface area contributed by atoms with Crippen LogP contribution in [0.3, 0.4) is 0 Å². The summed E-state index contributed by atoms with van der Waals surface area (Å²) in [5.41, 5.74) is 1.48. The summed E-state index contributed by atoms with van der Waals surface area (Å²) < 4.78 is 0. The second-order valence-electron chi connectivity index (χ2n) is 3.48. The van der Waals surface area contributed by atoms with Gasteiger partial charge in [0.25, 0.3) is 0 Å². The van der Waals surface area contributed by atoms with E-state index in [-0.39, 0.29) is 5.78 Å². The predicted octanol–water partition coefficient (Wildman–Crippen LogP) is 3.97. The highest BCUT2D eigenvalue weighted by molar-refractivity contribution is 7.15. The Morgan fingerprint density at radius 3 is 2.81 bits per heavy atom. The zero-order valence-electron chi connectivity index (χ0n) is 8.95. The average Bonchev–Trinajstić information content (AvgIpc) is 2.60. The maximum Gasteiger partial charge on any atom is 0.179 e. The maximum absolute atomic E-state index is 11.4. The van der Waals surface area contributed by atoms with Crippen LogP contribution in [-0.2, 0) is 0 Å². The van der Waals surface area contributed by atoms with Crippen LogP contribution in [0.25, 0.3) is 10.4 Å². The first-order chi connectivity index (χ1) is 7.58. The summed E-state index contributed by atoms with van der Waals surface area (Å²) in [6.45, 7) is 3.42. The fourth-order valence-electron chi connectivity index (χ4n) is 1.49. The molecule has 2 rings (SSSR count). The summed E-state index contributed by atoms with van der Waals surface area (Å²) in [5.74, 6) is -0.0145. The van der Waals surface area contributed by atoms with Crippen molar-refractivity contribution in [1.82, 2.24) is 4.98 Å². The van der Waals surface area contributed by atoms with Gasteiger partial charge in [-0.3, -0.25) is 4.79 Å². The Kier molecular flexibility index (Phi) is 3.08. The first-order valence-electron chi connectivity index (χ1n) is 4.82. The highest BCUT2D eigenvalue weighted by Crippen LogP contribution is 2.31. The lowest BCUT2D eigenvalue weighted by atomic mass is 10.1. The van der Waals surface area contributed by atoms with Gasteiger partial charge < -0.3 is 0 Å². The van der Waals surface area contributed by atoms with E-state index in [1.807, 2.05) is 31.2 Å². The zero-order chi connectivity index (χ0) is 11.7. The van der Waals surface area contributed by atoms with E-state index in [2.05, 4.69) is 4.98 Å². The van der Waals surface area contributed by atoms with Crippen LogP contribution in [0.2, 0.25) is 5.02 Å². The van der Waals surface area contributed by atoms with Gasteiger partial charge in [0.2, 0.25) is 0 Å². The first-order valence-corrected chi connectivity index (χ1v) is 6.01. The number of aromatic nitrogens is 1. The summed E-state index contributed by atoms with van der Waals surface area (Å²) in [6.07, 6.45) is 0. The molecule has 0 aliphatic carbocycles. The molecule has 4 heteroatoms. The van der Waals surface area contributed by atoms with Crippen LogP contribution in [0.5, 0.6) is 0 Å². The number of aryl methyl sites for hydroxylation is 1. The van der Waals surface area contributed by atoms with Crippen LogP contribution in [0, 0.1) is 6.92 Å². The third kappa shape index (κ3) is 2.15. The van der Waals surface area contributed by atoms with Crippen molar-refractivity contribution < 1.29 is 4.79 Å². The third-order valence-corrected chi connectivity index (χ3v) is 3.41. The Morgan fingerprint density at radius 1 is 1.44 bits per heavy atom.